The number of hydrogen-bond donors (Lipinski definition) is 1. The van der Waals surface area contributed by atoms with E-state index in [2.05, 4.69) is 21.2 Å². The highest BCUT2D eigenvalue weighted by Gasteiger charge is 2.36. The zero-order chi connectivity index (χ0) is 32.6. The van der Waals surface area contributed by atoms with Gasteiger partial charge in [-0.25, -0.2) is 8.42 Å². The van der Waals surface area contributed by atoms with E-state index >= 15 is 0 Å². The molecule has 1 N–H and O–H groups in total. The molecule has 0 radical (unpaired) electrons. The number of sulfonamides is 1. The van der Waals surface area contributed by atoms with Crippen LogP contribution in [0.3, 0.4) is 0 Å². The van der Waals surface area contributed by atoms with Gasteiger partial charge >= 0.3 is 6.18 Å². The highest BCUT2D eigenvalue weighted by atomic mass is 79.9. The van der Waals surface area contributed by atoms with Crippen molar-refractivity contribution < 1.29 is 31.2 Å². The second kappa shape index (κ2) is 14.7. The maximum atomic E-state index is 14.3. The van der Waals surface area contributed by atoms with Crippen LogP contribution in [0.15, 0.2) is 119 Å². The molecule has 0 aromatic heterocycles. The Hall–Kier alpha value is -4.16. The van der Waals surface area contributed by atoms with Crippen LogP contribution in [0.1, 0.15) is 23.6 Å². The van der Waals surface area contributed by atoms with E-state index in [9.17, 15) is 31.2 Å². The molecule has 0 aliphatic carbocycles. The van der Waals surface area contributed by atoms with Gasteiger partial charge < -0.3 is 10.2 Å². The van der Waals surface area contributed by atoms with E-state index in [1.54, 1.807) is 49.4 Å². The van der Waals surface area contributed by atoms with Crippen molar-refractivity contribution in [3.8, 4) is 0 Å². The number of carbonyl (C=O) groups excluding carboxylic acids is 2. The molecule has 0 heterocycles. The molecular formula is C33H31BrF3N3O4S. The summed E-state index contributed by atoms with van der Waals surface area (Å²) in [6.07, 6.45) is -4.64. The number of benzene rings is 4. The topological polar surface area (TPSA) is 86.8 Å². The van der Waals surface area contributed by atoms with Crippen molar-refractivity contribution in [1.29, 1.82) is 0 Å². The van der Waals surface area contributed by atoms with Crippen LogP contribution in [0.5, 0.6) is 0 Å². The average Bonchev–Trinajstić information content (AvgIpc) is 3.02. The smallest absolute Gasteiger partial charge is 0.355 e. The lowest BCUT2D eigenvalue weighted by Gasteiger charge is -2.34. The van der Waals surface area contributed by atoms with Crippen LogP contribution in [-0.2, 0) is 38.8 Å². The van der Waals surface area contributed by atoms with E-state index in [0.29, 0.717) is 15.9 Å². The third-order valence-corrected chi connectivity index (χ3v) is 9.22. The molecule has 0 aliphatic rings. The zero-order valence-corrected chi connectivity index (χ0v) is 26.6. The van der Waals surface area contributed by atoms with E-state index in [4.69, 9.17) is 0 Å². The summed E-state index contributed by atoms with van der Waals surface area (Å²) >= 11 is 3.42. The van der Waals surface area contributed by atoms with Gasteiger partial charge in [-0.3, -0.25) is 13.9 Å². The van der Waals surface area contributed by atoms with E-state index in [1.165, 1.54) is 35.2 Å². The lowest BCUT2D eigenvalue weighted by atomic mass is 10.0. The van der Waals surface area contributed by atoms with Gasteiger partial charge in [0.15, 0.2) is 0 Å². The van der Waals surface area contributed by atoms with Gasteiger partial charge in [0, 0.05) is 24.0 Å². The molecule has 0 saturated carbocycles. The van der Waals surface area contributed by atoms with Crippen molar-refractivity contribution in [2.24, 2.45) is 0 Å². The van der Waals surface area contributed by atoms with Gasteiger partial charge in [0.2, 0.25) is 11.8 Å². The number of carbonyl (C=O) groups is 2. The predicted octanol–water partition coefficient (Wildman–Crippen LogP) is 6.44. The Bertz CT molecular complexity index is 1720. The Morgan fingerprint density at radius 2 is 1.47 bits per heavy atom. The number of nitrogens with zero attached hydrogens (tertiary/aromatic N) is 2. The monoisotopic (exact) mass is 701 g/mol. The number of likely N-dealkylation sites (N-methyl/N-ethyl adjacent to an activating group) is 1. The molecule has 0 spiro atoms. The minimum atomic E-state index is -4.76. The van der Waals surface area contributed by atoms with Gasteiger partial charge in [0.05, 0.1) is 16.1 Å². The molecule has 0 saturated heterocycles. The Labute approximate surface area is 268 Å². The third-order valence-electron chi connectivity index (χ3n) is 6.94. The molecule has 0 unspecified atom stereocenters. The molecule has 1 atom stereocenters. The molecule has 45 heavy (non-hydrogen) atoms. The van der Waals surface area contributed by atoms with Gasteiger partial charge in [0.1, 0.15) is 12.6 Å². The summed E-state index contributed by atoms with van der Waals surface area (Å²) in [7, 11) is -4.53. The number of hydrogen-bond acceptors (Lipinski definition) is 4. The predicted molar refractivity (Wildman–Crippen MR) is 170 cm³/mol. The lowest BCUT2D eigenvalue weighted by molar-refractivity contribution is -0.140. The molecule has 0 aliphatic heterocycles. The quantitative estimate of drug-likeness (QED) is 0.184. The first-order chi connectivity index (χ1) is 21.4. The van der Waals surface area contributed by atoms with Crippen LogP contribution in [0.2, 0.25) is 0 Å². The fourth-order valence-electron chi connectivity index (χ4n) is 4.76. The number of nitrogens with one attached hydrogen (secondary N) is 1. The van der Waals surface area contributed by atoms with Crippen LogP contribution in [0.25, 0.3) is 0 Å². The van der Waals surface area contributed by atoms with Crippen molar-refractivity contribution in [2.45, 2.75) is 37.0 Å². The zero-order valence-electron chi connectivity index (χ0n) is 24.2. The first kappa shape index (κ1) is 33.7. The Morgan fingerprint density at radius 1 is 0.844 bits per heavy atom. The highest BCUT2D eigenvalue weighted by molar-refractivity contribution is 9.10. The van der Waals surface area contributed by atoms with Crippen molar-refractivity contribution >= 4 is 43.5 Å². The molecule has 0 fully saturated rings. The second-order valence-corrected chi connectivity index (χ2v) is 12.9. The highest BCUT2D eigenvalue weighted by Crippen LogP contribution is 2.33. The van der Waals surface area contributed by atoms with Crippen molar-refractivity contribution in [3.63, 3.8) is 0 Å². The van der Waals surface area contributed by atoms with Gasteiger partial charge in [0.25, 0.3) is 10.0 Å². The van der Waals surface area contributed by atoms with Gasteiger partial charge in [-0.15, -0.1) is 0 Å². The summed E-state index contributed by atoms with van der Waals surface area (Å²) in [6, 6.07) is 26.0. The summed E-state index contributed by atoms with van der Waals surface area (Å²) in [4.78, 5) is 28.9. The second-order valence-electron chi connectivity index (χ2n) is 10.1. The molecule has 4 aromatic carbocycles. The summed E-state index contributed by atoms with van der Waals surface area (Å²) in [5, 5.41) is 2.76. The van der Waals surface area contributed by atoms with Crippen LogP contribution in [-0.4, -0.2) is 44.3 Å². The maximum Gasteiger partial charge on any atom is 0.416 e. The summed E-state index contributed by atoms with van der Waals surface area (Å²) in [5.74, 6) is -1.24. The first-order valence-corrected chi connectivity index (χ1v) is 16.2. The first-order valence-electron chi connectivity index (χ1n) is 14.0. The SMILES string of the molecule is CCNC(=O)[C@H](Cc1ccccc1)N(Cc1cccc(Br)c1)C(=O)CN(c1cccc(C(F)(F)F)c1)S(=O)(=O)c1ccccc1. The number of anilines is 1. The molecule has 4 aromatic rings. The van der Waals surface area contributed by atoms with Gasteiger partial charge in [-0.2, -0.15) is 13.2 Å². The lowest BCUT2D eigenvalue weighted by Crippen LogP contribution is -2.53. The average molecular weight is 703 g/mol. The number of halogens is 4. The fourth-order valence-corrected chi connectivity index (χ4v) is 6.64. The number of amides is 2. The Kier molecular flexibility index (Phi) is 11.1. The van der Waals surface area contributed by atoms with E-state index in [1.807, 2.05) is 18.2 Å². The molecule has 4 rings (SSSR count). The number of alkyl halides is 3. The molecular weight excluding hydrogens is 671 g/mol. The Morgan fingerprint density at radius 3 is 2.09 bits per heavy atom. The van der Waals surface area contributed by atoms with Crippen molar-refractivity contribution in [1.82, 2.24) is 10.2 Å². The van der Waals surface area contributed by atoms with Crippen LogP contribution in [0.4, 0.5) is 18.9 Å². The summed E-state index contributed by atoms with van der Waals surface area (Å²) < 4.78 is 70.4. The van der Waals surface area contributed by atoms with Crippen molar-refractivity contribution in [2.75, 3.05) is 17.4 Å². The molecule has 0 bridgehead atoms. The minimum Gasteiger partial charge on any atom is -0.355 e. The largest absolute Gasteiger partial charge is 0.416 e. The van der Waals surface area contributed by atoms with Crippen LogP contribution < -0.4 is 9.62 Å². The Balaban J connectivity index is 1.83. The van der Waals surface area contributed by atoms with Crippen LogP contribution in [0, 0.1) is 0 Å². The fraction of sp³-hybridized carbons (Fsp3) is 0.212. The van der Waals surface area contributed by atoms with E-state index in [-0.39, 0.29) is 30.1 Å². The van der Waals surface area contributed by atoms with Gasteiger partial charge in [-0.05, 0) is 60.5 Å². The normalized spacial score (nSPS) is 12.3. The minimum absolute atomic E-state index is 0.0747. The standard InChI is InChI=1S/C33H31BrF3N3O4S/c1-2-38-32(42)30(20-24-11-5-3-6-12-24)39(22-25-13-9-15-27(34)19-25)31(41)23-40(45(43,44)29-17-7-4-8-18-29)28-16-10-14-26(21-28)33(35,36)37/h3-19,21,30H,2,20,22-23H2,1H3,(H,38,42)/t30-/m0/s1. The maximum absolute atomic E-state index is 14.3. The molecule has 12 heteroatoms. The van der Waals surface area contributed by atoms with E-state index in [0.717, 1.165) is 22.2 Å². The van der Waals surface area contributed by atoms with E-state index < -0.39 is 46.2 Å². The van der Waals surface area contributed by atoms with Crippen LogP contribution >= 0.6 is 15.9 Å². The third kappa shape index (κ3) is 8.73. The molecule has 7 nitrogen and oxygen atoms in total. The summed E-state index contributed by atoms with van der Waals surface area (Å²) in [5.41, 5.74) is -0.0120. The molecule has 236 valence electrons. The molecule has 2 amide bonds. The number of rotatable bonds is 12. The van der Waals surface area contributed by atoms with Gasteiger partial charge in [-0.1, -0.05) is 82.7 Å². The summed E-state index contributed by atoms with van der Waals surface area (Å²) in [6.45, 7) is 1.08. The van der Waals surface area contributed by atoms with Crippen molar-refractivity contribution in [3.05, 3.63) is 130 Å².